The van der Waals surface area contributed by atoms with Crippen molar-refractivity contribution < 1.29 is 13.5 Å². The van der Waals surface area contributed by atoms with Crippen molar-refractivity contribution in [3.05, 3.63) is 0 Å². The fourth-order valence-corrected chi connectivity index (χ4v) is 1.74. The first-order valence-corrected chi connectivity index (χ1v) is 4.29. The van der Waals surface area contributed by atoms with Gasteiger partial charge in [0.1, 0.15) is 0 Å². The number of thiol groups is 2. The first-order valence-electron chi connectivity index (χ1n) is 3.56. The summed E-state index contributed by atoms with van der Waals surface area (Å²) in [5, 5.41) is 9.17. The summed E-state index contributed by atoms with van der Waals surface area (Å²) in [4.78, 5) is 0. The molecule has 5 heteroatoms. The van der Waals surface area contributed by atoms with Crippen LogP contribution in [0.25, 0.3) is 0 Å². The molecule has 0 aromatic rings. The molecule has 0 heterocycles. The van der Waals surface area contributed by atoms with Crippen LogP contribution in [0.2, 0.25) is 0 Å². The SMILES string of the molecule is OC1CCC(OS)(OS)CC1. The van der Waals surface area contributed by atoms with Crippen LogP contribution >= 0.6 is 25.8 Å². The lowest BCUT2D eigenvalue weighted by Gasteiger charge is -2.34. The highest BCUT2D eigenvalue weighted by molar-refractivity contribution is 7.75. The zero-order valence-corrected chi connectivity index (χ0v) is 7.85. The summed E-state index contributed by atoms with van der Waals surface area (Å²) >= 11 is 7.41. The number of aliphatic hydroxyl groups is 1. The Hall–Kier alpha value is 0.580. The molecule has 11 heavy (non-hydrogen) atoms. The molecule has 66 valence electrons. The molecule has 1 aliphatic rings. The molecular weight excluding hydrogens is 184 g/mol. The van der Waals surface area contributed by atoms with Crippen molar-refractivity contribution in [1.82, 2.24) is 0 Å². The lowest BCUT2D eigenvalue weighted by atomic mass is 9.92. The Morgan fingerprint density at radius 1 is 1.18 bits per heavy atom. The van der Waals surface area contributed by atoms with Crippen molar-refractivity contribution >= 4 is 25.8 Å². The maximum absolute atomic E-state index is 9.17. The largest absolute Gasteiger partial charge is 0.393 e. The third-order valence-electron chi connectivity index (χ3n) is 2.05. The van der Waals surface area contributed by atoms with E-state index >= 15 is 0 Å². The minimum atomic E-state index is -0.689. The molecule has 0 aromatic heterocycles. The summed E-state index contributed by atoms with van der Waals surface area (Å²) in [6, 6.07) is 0. The van der Waals surface area contributed by atoms with Gasteiger partial charge in [-0.2, -0.15) is 0 Å². The van der Waals surface area contributed by atoms with E-state index in [4.69, 9.17) is 8.37 Å². The van der Waals surface area contributed by atoms with E-state index in [9.17, 15) is 5.11 Å². The Balaban J connectivity index is 2.45. The first-order chi connectivity index (χ1) is 5.22. The minimum Gasteiger partial charge on any atom is -0.393 e. The Bertz CT molecular complexity index is 117. The molecule has 1 rings (SSSR count). The van der Waals surface area contributed by atoms with Gasteiger partial charge in [-0.1, -0.05) is 0 Å². The summed E-state index contributed by atoms with van der Waals surface area (Å²) in [5.74, 6) is -0.689. The van der Waals surface area contributed by atoms with Crippen molar-refractivity contribution in [2.75, 3.05) is 0 Å². The van der Waals surface area contributed by atoms with E-state index < -0.39 is 5.79 Å². The Labute approximate surface area is 77.3 Å². The summed E-state index contributed by atoms with van der Waals surface area (Å²) in [7, 11) is 0. The monoisotopic (exact) mass is 196 g/mol. The second kappa shape index (κ2) is 4.00. The van der Waals surface area contributed by atoms with E-state index in [0.29, 0.717) is 25.7 Å². The zero-order valence-electron chi connectivity index (χ0n) is 6.06. The van der Waals surface area contributed by atoms with Gasteiger partial charge in [0.15, 0.2) is 5.79 Å². The fraction of sp³-hybridized carbons (Fsp3) is 1.00. The highest BCUT2D eigenvalue weighted by Gasteiger charge is 2.36. The van der Waals surface area contributed by atoms with E-state index in [1.165, 1.54) is 0 Å². The van der Waals surface area contributed by atoms with E-state index in [1.54, 1.807) is 0 Å². The Morgan fingerprint density at radius 2 is 1.64 bits per heavy atom. The number of aliphatic hydroxyl groups excluding tert-OH is 1. The van der Waals surface area contributed by atoms with Crippen molar-refractivity contribution in [1.29, 1.82) is 0 Å². The standard InChI is InChI=1S/C6H12O3S2/c7-5-1-3-6(8-10,9-11)4-2-5/h5,7,10-11H,1-4H2. The van der Waals surface area contributed by atoms with Crippen LogP contribution in [0.3, 0.4) is 0 Å². The van der Waals surface area contributed by atoms with Gasteiger partial charge in [-0.3, -0.25) is 8.37 Å². The van der Waals surface area contributed by atoms with Crippen molar-refractivity contribution in [3.8, 4) is 0 Å². The van der Waals surface area contributed by atoms with E-state index in [2.05, 4.69) is 25.8 Å². The molecule has 0 aromatic carbocycles. The minimum absolute atomic E-state index is 0.227. The molecular formula is C6H12O3S2. The third kappa shape index (κ3) is 2.26. The summed E-state index contributed by atoms with van der Waals surface area (Å²) in [5.41, 5.74) is 0. The zero-order chi connectivity index (χ0) is 8.32. The van der Waals surface area contributed by atoms with Crippen LogP contribution in [-0.2, 0) is 8.37 Å². The highest BCUT2D eigenvalue weighted by Crippen LogP contribution is 2.34. The molecule has 0 bridgehead atoms. The van der Waals surface area contributed by atoms with Crippen LogP contribution in [0.4, 0.5) is 0 Å². The molecule has 0 saturated heterocycles. The number of hydrogen-bond acceptors (Lipinski definition) is 5. The van der Waals surface area contributed by atoms with E-state index in [-0.39, 0.29) is 6.10 Å². The molecule has 0 radical (unpaired) electrons. The van der Waals surface area contributed by atoms with Gasteiger partial charge in [-0.15, -0.1) is 0 Å². The van der Waals surface area contributed by atoms with Crippen LogP contribution in [0.5, 0.6) is 0 Å². The van der Waals surface area contributed by atoms with Crippen molar-refractivity contribution in [2.24, 2.45) is 0 Å². The molecule has 0 spiro atoms. The normalized spacial score (nSPS) is 25.4. The Morgan fingerprint density at radius 3 is 2.00 bits per heavy atom. The van der Waals surface area contributed by atoms with Gasteiger partial charge in [-0.05, 0) is 38.7 Å². The van der Waals surface area contributed by atoms with E-state index in [0.717, 1.165) is 0 Å². The van der Waals surface area contributed by atoms with Gasteiger partial charge in [0, 0.05) is 12.8 Å². The van der Waals surface area contributed by atoms with Crippen LogP contribution in [0, 0.1) is 0 Å². The number of hydrogen-bond donors (Lipinski definition) is 3. The highest BCUT2D eigenvalue weighted by atomic mass is 32.1. The molecule has 0 amide bonds. The van der Waals surface area contributed by atoms with Gasteiger partial charge in [0.2, 0.25) is 0 Å². The molecule has 0 unspecified atom stereocenters. The van der Waals surface area contributed by atoms with Crippen LogP contribution in [-0.4, -0.2) is 17.0 Å². The topological polar surface area (TPSA) is 38.7 Å². The predicted molar refractivity (Wildman–Crippen MR) is 47.3 cm³/mol. The van der Waals surface area contributed by atoms with E-state index in [1.807, 2.05) is 0 Å². The molecule has 3 nitrogen and oxygen atoms in total. The van der Waals surface area contributed by atoms with Gasteiger partial charge in [0.05, 0.1) is 6.10 Å². The van der Waals surface area contributed by atoms with Gasteiger partial charge >= 0.3 is 0 Å². The Kier molecular flexibility index (Phi) is 3.52. The van der Waals surface area contributed by atoms with Gasteiger partial charge in [-0.25, -0.2) is 0 Å². The molecule has 1 saturated carbocycles. The predicted octanol–water partition coefficient (Wildman–Crippen LogP) is 1.34. The van der Waals surface area contributed by atoms with Crippen molar-refractivity contribution in [2.45, 2.75) is 37.6 Å². The summed E-state index contributed by atoms with van der Waals surface area (Å²) in [6.07, 6.45) is 2.42. The quantitative estimate of drug-likeness (QED) is 0.354. The van der Waals surface area contributed by atoms with Crippen LogP contribution < -0.4 is 0 Å². The van der Waals surface area contributed by atoms with Crippen molar-refractivity contribution in [3.63, 3.8) is 0 Å². The molecule has 1 fully saturated rings. The van der Waals surface area contributed by atoms with Crippen LogP contribution in [0.15, 0.2) is 0 Å². The molecule has 0 aliphatic heterocycles. The average Bonchev–Trinajstić information content (AvgIpc) is 2.07. The molecule has 1 N–H and O–H groups in total. The van der Waals surface area contributed by atoms with Gasteiger partial charge < -0.3 is 5.11 Å². The first kappa shape index (κ1) is 9.67. The van der Waals surface area contributed by atoms with Gasteiger partial charge in [0.25, 0.3) is 0 Å². The summed E-state index contributed by atoms with van der Waals surface area (Å²) < 4.78 is 9.72. The maximum atomic E-state index is 9.17. The summed E-state index contributed by atoms with van der Waals surface area (Å²) in [6.45, 7) is 0. The maximum Gasteiger partial charge on any atom is 0.193 e. The lowest BCUT2D eigenvalue weighted by molar-refractivity contribution is -0.127. The molecule has 1 aliphatic carbocycles. The smallest absolute Gasteiger partial charge is 0.193 e. The second-order valence-corrected chi connectivity index (χ2v) is 3.19. The lowest BCUT2D eigenvalue weighted by Crippen LogP contribution is -2.36. The van der Waals surface area contributed by atoms with Crippen LogP contribution in [0.1, 0.15) is 25.7 Å². The average molecular weight is 196 g/mol. The second-order valence-electron chi connectivity index (χ2n) is 2.82. The number of rotatable bonds is 2. The fourth-order valence-electron chi connectivity index (χ4n) is 1.24. The third-order valence-corrected chi connectivity index (χ3v) is 2.72. The molecule has 0 atom stereocenters.